The van der Waals surface area contributed by atoms with E-state index >= 15 is 0 Å². The summed E-state index contributed by atoms with van der Waals surface area (Å²) >= 11 is 12.1. The minimum Gasteiger partial charge on any atom is -0.274 e. The lowest BCUT2D eigenvalue weighted by Crippen LogP contribution is -2.31. The smallest absolute Gasteiger partial charge is 0.263 e. The highest BCUT2D eigenvalue weighted by atomic mass is 79.9. The van der Waals surface area contributed by atoms with E-state index in [0.717, 1.165) is 122 Å². The van der Waals surface area contributed by atoms with Gasteiger partial charge in [-0.05, 0) is 81.5 Å². The van der Waals surface area contributed by atoms with Crippen LogP contribution in [-0.2, 0) is 12.8 Å². The molecule has 5 heterocycles. The molecular weight excluding hydrogens is 901 g/mol. The molecule has 0 N–H and O–H groups in total. The van der Waals surface area contributed by atoms with Crippen LogP contribution in [0.15, 0.2) is 7.57 Å². The lowest BCUT2D eigenvalue weighted by Gasteiger charge is -2.15. The van der Waals surface area contributed by atoms with Crippen LogP contribution in [0.25, 0.3) is 19.5 Å². The molecule has 2 aliphatic rings. The van der Waals surface area contributed by atoms with Crippen LogP contribution in [0.2, 0.25) is 0 Å². The maximum Gasteiger partial charge on any atom is 0.263 e. The number of amides is 4. The number of carbonyl (C=O) groups excluding carboxylic acids is 4. The Morgan fingerprint density at radius 1 is 0.368 bits per heavy atom. The van der Waals surface area contributed by atoms with Gasteiger partial charge in [-0.15, -0.1) is 34.0 Å². The van der Waals surface area contributed by atoms with Crippen molar-refractivity contribution in [3.8, 4) is 19.5 Å². The molecule has 0 fully saturated rings. The minimum atomic E-state index is -0.193. The number of unbranched alkanes of at least 4 members (excludes halogenated alkanes) is 18. The Bertz CT molecular complexity index is 1710. The van der Waals surface area contributed by atoms with Gasteiger partial charge < -0.3 is 0 Å². The van der Waals surface area contributed by atoms with E-state index in [1.807, 2.05) is 0 Å². The van der Waals surface area contributed by atoms with Crippen LogP contribution < -0.4 is 0 Å². The second-order valence-electron chi connectivity index (χ2n) is 16.0. The van der Waals surface area contributed by atoms with Gasteiger partial charge in [0.2, 0.25) is 0 Å². The normalized spacial score (nSPS) is 13.9. The molecule has 57 heavy (non-hydrogen) atoms. The molecule has 0 radical (unpaired) electrons. The second-order valence-corrected chi connectivity index (χ2v) is 21.7. The number of fused-ring (bicyclic) bond motifs is 2. The zero-order valence-electron chi connectivity index (χ0n) is 34.9. The maximum absolute atomic E-state index is 14.3. The Labute approximate surface area is 371 Å². The van der Waals surface area contributed by atoms with Crippen LogP contribution in [0, 0.1) is 0 Å². The van der Waals surface area contributed by atoms with Crippen LogP contribution in [0.5, 0.6) is 0 Å². The van der Waals surface area contributed by atoms with Gasteiger partial charge in [0.15, 0.2) is 0 Å². The predicted molar refractivity (Wildman–Crippen MR) is 249 cm³/mol. The van der Waals surface area contributed by atoms with Gasteiger partial charge in [-0.2, -0.15) is 0 Å². The Hall–Kier alpha value is -1.66. The van der Waals surface area contributed by atoms with Gasteiger partial charge >= 0.3 is 0 Å². The van der Waals surface area contributed by atoms with E-state index in [2.05, 4.69) is 59.6 Å². The summed E-state index contributed by atoms with van der Waals surface area (Å²) in [6, 6.07) is 0. The van der Waals surface area contributed by atoms with Crippen LogP contribution in [0.4, 0.5) is 0 Å². The summed E-state index contributed by atoms with van der Waals surface area (Å²) in [7, 11) is 0. The van der Waals surface area contributed by atoms with Gasteiger partial charge in [0.25, 0.3) is 23.6 Å². The summed E-state index contributed by atoms with van der Waals surface area (Å²) in [5, 5.41) is 0. The van der Waals surface area contributed by atoms with Crippen molar-refractivity contribution in [2.75, 3.05) is 13.1 Å². The lowest BCUT2D eigenvalue weighted by atomic mass is 9.94. The van der Waals surface area contributed by atoms with E-state index in [1.54, 1.807) is 11.3 Å². The summed E-state index contributed by atoms with van der Waals surface area (Å²) in [6.07, 6.45) is 26.4. The fraction of sp³-hybridized carbons (Fsp3) is 0.652. The van der Waals surface area contributed by atoms with E-state index in [4.69, 9.17) is 0 Å². The quantitative estimate of drug-likeness (QED) is 0.0537. The molecule has 0 saturated heterocycles. The molecule has 0 bridgehead atoms. The van der Waals surface area contributed by atoms with Crippen molar-refractivity contribution in [2.45, 2.75) is 182 Å². The maximum atomic E-state index is 14.3. The number of thiophene rings is 3. The van der Waals surface area contributed by atoms with Gasteiger partial charge in [0.05, 0.1) is 39.6 Å². The fourth-order valence-corrected chi connectivity index (χ4v) is 13.8. The first kappa shape index (κ1) is 46.4. The Morgan fingerprint density at radius 2 is 0.667 bits per heavy atom. The molecule has 4 amide bonds. The highest BCUT2D eigenvalue weighted by Gasteiger charge is 2.44. The number of hydrogen-bond donors (Lipinski definition) is 0. The van der Waals surface area contributed by atoms with Crippen LogP contribution >= 0.6 is 65.9 Å². The summed E-state index contributed by atoms with van der Waals surface area (Å²) in [6.45, 7) is 9.78. The average molecular weight is 965 g/mol. The SMILES string of the molecule is CCCCCCCCCN1C(=O)c2c(Br)sc(-c3sc(-c4sc(Br)c5c4C(=O)N(CCCCCCCCC)C5=O)c(CCCCCC)c3CCCCCC)c2C1=O. The lowest BCUT2D eigenvalue weighted by molar-refractivity contribution is 0.0635. The van der Waals surface area contributed by atoms with Crippen molar-refractivity contribution in [3.63, 3.8) is 0 Å². The fourth-order valence-electron chi connectivity index (χ4n) is 8.35. The van der Waals surface area contributed by atoms with E-state index < -0.39 is 0 Å². The third kappa shape index (κ3) is 11.0. The third-order valence-corrected chi connectivity index (χ3v) is 17.0. The molecule has 3 aromatic heterocycles. The number of hydrogen-bond acceptors (Lipinski definition) is 7. The van der Waals surface area contributed by atoms with Gasteiger partial charge in [0, 0.05) is 22.8 Å². The van der Waals surface area contributed by atoms with Gasteiger partial charge in [-0.1, -0.05) is 143 Å². The average Bonchev–Trinajstić information content (AvgIpc) is 3.96. The first-order chi connectivity index (χ1) is 27.7. The first-order valence-corrected chi connectivity index (χ1v) is 26.3. The monoisotopic (exact) mass is 962 g/mol. The zero-order valence-corrected chi connectivity index (χ0v) is 40.5. The highest BCUT2D eigenvalue weighted by molar-refractivity contribution is 9.11. The molecule has 5 rings (SSSR count). The Balaban J connectivity index is 1.51. The van der Waals surface area contributed by atoms with Crippen LogP contribution in [-0.4, -0.2) is 46.5 Å². The van der Waals surface area contributed by atoms with Crippen molar-refractivity contribution in [2.24, 2.45) is 0 Å². The molecule has 11 heteroatoms. The standard InChI is InChI=1S/C46H64Br2N2O4S3/c1-5-9-13-17-19-21-25-29-49-43(51)33-35(45(49)53)41(47)56-39(33)37-31(27-23-15-11-7-3)32(28-24-16-12-8-4)38(55-37)40-34-36(42(48)57-40)46(54)50(44(34)52)30-26-22-20-18-14-10-6-2/h5-30H2,1-4H3. The predicted octanol–water partition coefficient (Wildman–Crippen LogP) is 15.7. The second kappa shape index (κ2) is 23.4. The summed E-state index contributed by atoms with van der Waals surface area (Å²) in [5.41, 5.74) is 4.57. The molecular formula is C46H64Br2N2O4S3. The topological polar surface area (TPSA) is 74.8 Å². The van der Waals surface area contributed by atoms with Gasteiger partial charge in [0.1, 0.15) is 0 Å². The first-order valence-electron chi connectivity index (χ1n) is 22.2. The summed E-state index contributed by atoms with van der Waals surface area (Å²) < 4.78 is 1.43. The molecule has 0 saturated carbocycles. The van der Waals surface area contributed by atoms with Gasteiger partial charge in [-0.25, -0.2) is 0 Å². The molecule has 0 unspecified atom stereocenters. The van der Waals surface area contributed by atoms with E-state index in [0.29, 0.717) is 42.9 Å². The molecule has 6 nitrogen and oxygen atoms in total. The molecule has 0 aromatic carbocycles. The molecule has 0 aliphatic carbocycles. The molecule has 3 aromatic rings. The molecule has 0 spiro atoms. The molecule has 314 valence electrons. The van der Waals surface area contributed by atoms with Crippen LogP contribution in [0.3, 0.4) is 0 Å². The van der Waals surface area contributed by atoms with E-state index in [-0.39, 0.29) is 23.6 Å². The van der Waals surface area contributed by atoms with Crippen molar-refractivity contribution < 1.29 is 19.2 Å². The van der Waals surface area contributed by atoms with Crippen molar-refractivity contribution in [3.05, 3.63) is 41.0 Å². The third-order valence-electron chi connectivity index (χ3n) is 11.6. The highest BCUT2D eigenvalue weighted by Crippen LogP contribution is 2.54. The number of rotatable bonds is 28. The van der Waals surface area contributed by atoms with E-state index in [1.165, 1.54) is 95.0 Å². The largest absolute Gasteiger partial charge is 0.274 e. The number of halogens is 2. The van der Waals surface area contributed by atoms with E-state index in [9.17, 15) is 19.2 Å². The Morgan fingerprint density at radius 3 is 1.02 bits per heavy atom. The molecule has 2 aliphatic heterocycles. The number of imide groups is 2. The summed E-state index contributed by atoms with van der Waals surface area (Å²) in [4.78, 5) is 63.1. The van der Waals surface area contributed by atoms with Crippen molar-refractivity contribution in [1.82, 2.24) is 9.80 Å². The summed E-state index contributed by atoms with van der Waals surface area (Å²) in [5.74, 6) is -0.755. The Kier molecular flexibility index (Phi) is 19.0. The number of carbonyl (C=O) groups is 4. The van der Waals surface area contributed by atoms with Crippen LogP contribution in [0.1, 0.15) is 222 Å². The minimum absolute atomic E-state index is 0.184. The van der Waals surface area contributed by atoms with Crippen molar-refractivity contribution in [1.29, 1.82) is 0 Å². The van der Waals surface area contributed by atoms with Gasteiger partial charge in [-0.3, -0.25) is 29.0 Å². The zero-order chi connectivity index (χ0) is 40.9. The van der Waals surface area contributed by atoms with Crippen molar-refractivity contribution >= 4 is 89.5 Å². The molecule has 0 atom stereocenters. The number of nitrogens with zero attached hydrogens (tertiary/aromatic N) is 2.